The van der Waals surface area contributed by atoms with E-state index >= 15 is 0 Å². The Morgan fingerprint density at radius 3 is 2.52 bits per heavy atom. The molecule has 0 saturated heterocycles. The summed E-state index contributed by atoms with van der Waals surface area (Å²) in [6, 6.07) is 13.8. The van der Waals surface area contributed by atoms with Crippen LogP contribution in [0.15, 0.2) is 42.5 Å². The molecule has 1 saturated carbocycles. The van der Waals surface area contributed by atoms with Crippen LogP contribution in [-0.4, -0.2) is 19.8 Å². The number of ether oxygens (including phenoxy) is 3. The summed E-state index contributed by atoms with van der Waals surface area (Å²) in [5.41, 5.74) is 1.79. The maximum atomic E-state index is 12.9. The second-order valence-corrected chi connectivity index (χ2v) is 7.28. The fourth-order valence-corrected chi connectivity index (χ4v) is 4.10. The molecule has 142 valence electrons. The molecule has 0 atom stereocenters. The molecule has 1 N–H and O–H groups in total. The summed E-state index contributed by atoms with van der Waals surface area (Å²) in [6.07, 6.45) is 5.72. The first-order chi connectivity index (χ1) is 13.2. The van der Waals surface area contributed by atoms with E-state index in [1.807, 2.05) is 30.3 Å². The molecule has 5 nitrogen and oxygen atoms in total. The highest BCUT2D eigenvalue weighted by Crippen LogP contribution is 2.38. The Balaban J connectivity index is 1.51. The summed E-state index contributed by atoms with van der Waals surface area (Å²) in [4.78, 5) is 12.9. The van der Waals surface area contributed by atoms with Crippen LogP contribution in [0.25, 0.3) is 0 Å². The summed E-state index contributed by atoms with van der Waals surface area (Å²) < 4.78 is 16.0. The molecule has 0 spiro atoms. The molecule has 2 aromatic rings. The number of carbonyl (C=O) groups excluding carboxylic acids is 1. The summed E-state index contributed by atoms with van der Waals surface area (Å²) in [5, 5.41) is 3.35. The highest BCUT2D eigenvalue weighted by Gasteiger charge is 2.35. The molecule has 27 heavy (non-hydrogen) atoms. The highest BCUT2D eigenvalue weighted by molar-refractivity contribution is 5.80. The van der Waals surface area contributed by atoms with Crippen LogP contribution in [0.1, 0.15) is 43.2 Å². The molecule has 1 aliphatic carbocycles. The minimum atomic E-state index is -0.294. The van der Waals surface area contributed by atoms with E-state index in [9.17, 15) is 4.79 Å². The van der Waals surface area contributed by atoms with Gasteiger partial charge in [-0.15, -0.1) is 0 Å². The van der Waals surface area contributed by atoms with Gasteiger partial charge in [-0.05, 0) is 48.2 Å². The molecule has 0 bridgehead atoms. The van der Waals surface area contributed by atoms with Gasteiger partial charge in [0.1, 0.15) is 5.75 Å². The van der Waals surface area contributed by atoms with Crippen LogP contribution in [-0.2, 0) is 16.8 Å². The van der Waals surface area contributed by atoms with Crippen molar-refractivity contribution in [2.75, 3.05) is 13.9 Å². The lowest BCUT2D eigenvalue weighted by Crippen LogP contribution is -2.47. The van der Waals surface area contributed by atoms with E-state index in [-0.39, 0.29) is 18.2 Å². The summed E-state index contributed by atoms with van der Waals surface area (Å²) >= 11 is 0. The van der Waals surface area contributed by atoms with Crippen molar-refractivity contribution in [2.45, 2.75) is 44.1 Å². The van der Waals surface area contributed by atoms with Gasteiger partial charge in [-0.1, -0.05) is 37.5 Å². The number of nitrogens with one attached hydrogen (secondary N) is 1. The average molecular weight is 367 g/mol. The predicted molar refractivity (Wildman–Crippen MR) is 102 cm³/mol. The molecule has 4 rings (SSSR count). The first-order valence-corrected chi connectivity index (χ1v) is 9.53. The summed E-state index contributed by atoms with van der Waals surface area (Å²) in [5.74, 6) is 2.31. The van der Waals surface area contributed by atoms with Crippen LogP contribution in [0, 0.1) is 0 Å². The number of amides is 1. The molecule has 2 aliphatic rings. The van der Waals surface area contributed by atoms with Crippen LogP contribution >= 0.6 is 0 Å². The van der Waals surface area contributed by atoms with Crippen molar-refractivity contribution in [3.63, 3.8) is 0 Å². The monoisotopic (exact) mass is 367 g/mol. The zero-order valence-corrected chi connectivity index (χ0v) is 15.6. The first-order valence-electron chi connectivity index (χ1n) is 9.53. The number of hydrogen-bond acceptors (Lipinski definition) is 4. The minimum absolute atomic E-state index is 0.0339. The van der Waals surface area contributed by atoms with E-state index in [4.69, 9.17) is 14.2 Å². The lowest BCUT2D eigenvalue weighted by atomic mass is 9.76. The lowest BCUT2D eigenvalue weighted by molar-refractivity contribution is -0.123. The largest absolute Gasteiger partial charge is 0.497 e. The fraction of sp³-hybridized carbons (Fsp3) is 0.409. The second kappa shape index (κ2) is 7.51. The molecule has 1 fully saturated rings. The number of methoxy groups -OCH3 is 1. The van der Waals surface area contributed by atoms with Gasteiger partial charge >= 0.3 is 0 Å². The van der Waals surface area contributed by atoms with E-state index in [2.05, 4.69) is 17.4 Å². The average Bonchev–Trinajstić information content (AvgIpc) is 3.16. The fourth-order valence-electron chi connectivity index (χ4n) is 4.10. The number of benzene rings is 2. The standard InChI is InChI=1S/C22H25NO4/c1-25-18-8-6-17(7-9-18)22(11-3-2-4-12-22)23-21(24)14-16-5-10-19-20(13-16)27-15-26-19/h5-10,13H,2-4,11-12,14-15H2,1H3,(H,23,24). The van der Waals surface area contributed by atoms with Gasteiger partial charge in [0.05, 0.1) is 19.1 Å². The van der Waals surface area contributed by atoms with Crippen molar-refractivity contribution < 1.29 is 19.0 Å². The molecule has 1 amide bonds. The van der Waals surface area contributed by atoms with Crippen LogP contribution in [0.4, 0.5) is 0 Å². The van der Waals surface area contributed by atoms with E-state index in [1.54, 1.807) is 7.11 Å². The number of rotatable bonds is 5. The second-order valence-electron chi connectivity index (χ2n) is 7.28. The van der Waals surface area contributed by atoms with Crippen molar-refractivity contribution in [2.24, 2.45) is 0 Å². The van der Waals surface area contributed by atoms with Gasteiger partial charge < -0.3 is 19.5 Å². The number of fused-ring (bicyclic) bond motifs is 1. The normalized spacial score (nSPS) is 17.4. The topological polar surface area (TPSA) is 56.8 Å². The first kappa shape index (κ1) is 17.7. The van der Waals surface area contributed by atoms with Gasteiger partial charge in [-0.3, -0.25) is 4.79 Å². The number of carbonyl (C=O) groups is 1. The van der Waals surface area contributed by atoms with Crippen molar-refractivity contribution >= 4 is 5.91 Å². The maximum absolute atomic E-state index is 12.9. The van der Waals surface area contributed by atoms with Crippen LogP contribution in [0.3, 0.4) is 0 Å². The molecule has 2 aromatic carbocycles. The number of hydrogen-bond donors (Lipinski definition) is 1. The van der Waals surface area contributed by atoms with Crippen molar-refractivity contribution in [3.05, 3.63) is 53.6 Å². The Morgan fingerprint density at radius 1 is 1.04 bits per heavy atom. The van der Waals surface area contributed by atoms with E-state index in [0.717, 1.165) is 48.3 Å². The Morgan fingerprint density at radius 2 is 1.78 bits per heavy atom. The molecule has 0 aromatic heterocycles. The quantitative estimate of drug-likeness (QED) is 0.870. The van der Waals surface area contributed by atoms with Gasteiger partial charge in [0.25, 0.3) is 0 Å². The van der Waals surface area contributed by atoms with Crippen molar-refractivity contribution in [1.29, 1.82) is 0 Å². The Labute approximate surface area is 159 Å². The molecular weight excluding hydrogens is 342 g/mol. The third kappa shape index (κ3) is 3.72. The van der Waals surface area contributed by atoms with Crippen LogP contribution in [0.2, 0.25) is 0 Å². The molecular formula is C22H25NO4. The summed E-state index contributed by atoms with van der Waals surface area (Å²) in [7, 11) is 1.67. The Hall–Kier alpha value is -2.69. The van der Waals surface area contributed by atoms with E-state index in [0.29, 0.717) is 12.2 Å². The smallest absolute Gasteiger partial charge is 0.231 e. The minimum Gasteiger partial charge on any atom is -0.497 e. The molecule has 1 aliphatic heterocycles. The molecule has 1 heterocycles. The Kier molecular flexibility index (Phi) is 4.92. The predicted octanol–water partition coefficient (Wildman–Crippen LogP) is 3.94. The van der Waals surface area contributed by atoms with Crippen LogP contribution < -0.4 is 19.5 Å². The highest BCUT2D eigenvalue weighted by atomic mass is 16.7. The molecule has 5 heteroatoms. The zero-order valence-electron chi connectivity index (χ0n) is 15.6. The maximum Gasteiger partial charge on any atom is 0.231 e. The van der Waals surface area contributed by atoms with Gasteiger partial charge in [-0.2, -0.15) is 0 Å². The van der Waals surface area contributed by atoms with E-state index in [1.165, 1.54) is 6.42 Å². The summed E-state index contributed by atoms with van der Waals surface area (Å²) in [6.45, 7) is 0.242. The van der Waals surface area contributed by atoms with E-state index < -0.39 is 0 Å². The van der Waals surface area contributed by atoms with Gasteiger partial charge in [0.2, 0.25) is 12.7 Å². The van der Waals surface area contributed by atoms with Gasteiger partial charge in [0.15, 0.2) is 11.5 Å². The SMILES string of the molecule is COc1ccc(C2(NC(=O)Cc3ccc4c(c3)OCO4)CCCCC2)cc1. The van der Waals surface area contributed by atoms with Gasteiger partial charge in [0, 0.05) is 0 Å². The third-order valence-corrected chi connectivity index (χ3v) is 5.53. The van der Waals surface area contributed by atoms with Gasteiger partial charge in [-0.25, -0.2) is 0 Å². The Bertz CT molecular complexity index is 810. The lowest BCUT2D eigenvalue weighted by Gasteiger charge is -2.39. The molecule has 0 unspecified atom stereocenters. The van der Waals surface area contributed by atoms with Crippen molar-refractivity contribution in [1.82, 2.24) is 5.32 Å². The van der Waals surface area contributed by atoms with Crippen LogP contribution in [0.5, 0.6) is 17.2 Å². The van der Waals surface area contributed by atoms with Crippen molar-refractivity contribution in [3.8, 4) is 17.2 Å². The molecule has 0 radical (unpaired) electrons. The third-order valence-electron chi connectivity index (χ3n) is 5.53. The zero-order chi connectivity index (χ0) is 18.7.